The van der Waals surface area contributed by atoms with E-state index < -0.39 is 0 Å². The highest BCUT2D eigenvalue weighted by Crippen LogP contribution is 2.39. The summed E-state index contributed by atoms with van der Waals surface area (Å²) in [6.07, 6.45) is 5.66. The van der Waals surface area contributed by atoms with Gasteiger partial charge >= 0.3 is 0 Å². The number of nitrogens with one attached hydrogen (secondary N) is 1. The Labute approximate surface area is 118 Å². The smallest absolute Gasteiger partial charge is 0.137 e. The highest BCUT2D eigenvalue weighted by atomic mass is 35.5. The predicted molar refractivity (Wildman–Crippen MR) is 79.8 cm³/mol. The van der Waals surface area contributed by atoms with E-state index in [1.54, 1.807) is 0 Å². The number of halogens is 1. The van der Waals surface area contributed by atoms with Crippen molar-refractivity contribution in [3.8, 4) is 0 Å². The average Bonchev–Trinajstić information content (AvgIpc) is 3.18. The lowest BCUT2D eigenvalue weighted by molar-refractivity contribution is 0.840. The molecule has 0 spiro atoms. The third kappa shape index (κ3) is 3.51. The first-order valence-corrected chi connectivity index (χ1v) is 8.09. The molecule has 18 heavy (non-hydrogen) atoms. The fourth-order valence-corrected chi connectivity index (χ4v) is 2.24. The number of rotatable bonds is 6. The van der Waals surface area contributed by atoms with Gasteiger partial charge in [-0.3, -0.25) is 0 Å². The third-order valence-corrected chi connectivity index (χ3v) is 4.70. The van der Waals surface area contributed by atoms with Crippen molar-refractivity contribution in [1.29, 1.82) is 0 Å². The van der Waals surface area contributed by atoms with Gasteiger partial charge in [0.25, 0.3) is 0 Å². The Balaban J connectivity index is 2.02. The topological polar surface area (TPSA) is 37.8 Å². The van der Waals surface area contributed by atoms with Gasteiger partial charge in [-0.05, 0) is 32.4 Å². The minimum absolute atomic E-state index is 0.536. The van der Waals surface area contributed by atoms with Crippen LogP contribution in [0.3, 0.4) is 0 Å². The lowest BCUT2D eigenvalue weighted by atomic mass is 10.3. The Morgan fingerprint density at radius 1 is 1.44 bits per heavy atom. The molecule has 100 valence electrons. The van der Waals surface area contributed by atoms with Crippen LogP contribution in [0.4, 0.5) is 5.82 Å². The van der Waals surface area contributed by atoms with Crippen LogP contribution >= 0.6 is 23.4 Å². The first-order chi connectivity index (χ1) is 8.61. The van der Waals surface area contributed by atoms with Crippen molar-refractivity contribution in [2.75, 3.05) is 18.1 Å². The molecule has 1 aromatic rings. The van der Waals surface area contributed by atoms with Gasteiger partial charge in [-0.1, -0.05) is 18.5 Å². The van der Waals surface area contributed by atoms with E-state index in [0.717, 1.165) is 30.2 Å². The molecule has 0 aromatic carbocycles. The molecule has 1 aliphatic carbocycles. The van der Waals surface area contributed by atoms with Gasteiger partial charge in [0.1, 0.15) is 16.8 Å². The van der Waals surface area contributed by atoms with Gasteiger partial charge in [-0.25, -0.2) is 9.97 Å². The molecule has 0 saturated heterocycles. The molecule has 0 amide bonds. The zero-order valence-electron chi connectivity index (χ0n) is 11.2. The molecule has 1 saturated carbocycles. The van der Waals surface area contributed by atoms with Crippen LogP contribution in [0.25, 0.3) is 0 Å². The molecule has 1 unspecified atom stereocenters. The summed E-state index contributed by atoms with van der Waals surface area (Å²) in [4.78, 5) is 8.97. The predicted octanol–water partition coefficient (Wildman–Crippen LogP) is 3.87. The maximum Gasteiger partial charge on any atom is 0.137 e. The van der Waals surface area contributed by atoms with Crippen LogP contribution in [-0.4, -0.2) is 28.0 Å². The summed E-state index contributed by atoms with van der Waals surface area (Å²) in [5.74, 6) is 2.35. The fraction of sp³-hybridized carbons (Fsp3) is 0.692. The van der Waals surface area contributed by atoms with Gasteiger partial charge in [-0.15, -0.1) is 0 Å². The molecule has 1 aromatic heterocycles. The van der Waals surface area contributed by atoms with Crippen molar-refractivity contribution in [3.63, 3.8) is 0 Å². The summed E-state index contributed by atoms with van der Waals surface area (Å²) in [6, 6.07) is 0. The highest BCUT2D eigenvalue weighted by molar-refractivity contribution is 7.99. The molecular weight excluding hydrogens is 266 g/mol. The number of nitrogens with zero attached hydrogens (tertiary/aromatic N) is 2. The second-order valence-electron chi connectivity index (χ2n) is 4.88. The minimum atomic E-state index is 0.536. The Kier molecular flexibility index (Phi) is 4.73. The van der Waals surface area contributed by atoms with Gasteiger partial charge in [0, 0.05) is 23.3 Å². The fourth-order valence-electron chi connectivity index (χ4n) is 1.71. The summed E-state index contributed by atoms with van der Waals surface area (Å²) >= 11 is 8.05. The molecule has 5 heteroatoms. The third-order valence-electron chi connectivity index (χ3n) is 3.29. The van der Waals surface area contributed by atoms with E-state index in [0.29, 0.717) is 16.3 Å². The van der Waals surface area contributed by atoms with E-state index in [-0.39, 0.29) is 0 Å². The van der Waals surface area contributed by atoms with Gasteiger partial charge in [0.2, 0.25) is 0 Å². The largest absolute Gasteiger partial charge is 0.370 e. The molecule has 0 bridgehead atoms. The van der Waals surface area contributed by atoms with Crippen molar-refractivity contribution < 1.29 is 0 Å². The Morgan fingerprint density at radius 2 is 2.17 bits per heavy atom. The Bertz CT molecular complexity index is 421. The second kappa shape index (κ2) is 6.11. The Hall–Kier alpha value is -0.480. The van der Waals surface area contributed by atoms with E-state index in [4.69, 9.17) is 11.6 Å². The van der Waals surface area contributed by atoms with E-state index in [1.807, 2.05) is 18.7 Å². The highest BCUT2D eigenvalue weighted by Gasteiger charge is 2.27. The van der Waals surface area contributed by atoms with Crippen LogP contribution in [0.1, 0.15) is 43.5 Å². The van der Waals surface area contributed by atoms with Crippen molar-refractivity contribution in [3.05, 3.63) is 16.5 Å². The van der Waals surface area contributed by atoms with E-state index in [9.17, 15) is 0 Å². The molecule has 3 nitrogen and oxygen atoms in total. The Morgan fingerprint density at radius 3 is 2.78 bits per heavy atom. The summed E-state index contributed by atoms with van der Waals surface area (Å²) in [5.41, 5.74) is 0.956. The molecule has 1 aliphatic rings. The molecule has 0 aliphatic heterocycles. The maximum absolute atomic E-state index is 6.16. The van der Waals surface area contributed by atoms with Crippen LogP contribution in [0, 0.1) is 6.92 Å². The summed E-state index contributed by atoms with van der Waals surface area (Å²) < 4.78 is 0. The zero-order chi connectivity index (χ0) is 13.1. The average molecular weight is 286 g/mol. The van der Waals surface area contributed by atoms with Crippen molar-refractivity contribution in [2.45, 2.75) is 44.3 Å². The molecule has 0 radical (unpaired) electrons. The lowest BCUT2D eigenvalue weighted by Gasteiger charge is -2.13. The lowest BCUT2D eigenvalue weighted by Crippen LogP contribution is -2.11. The summed E-state index contributed by atoms with van der Waals surface area (Å²) in [7, 11) is 0. The molecule has 1 heterocycles. The van der Waals surface area contributed by atoms with Crippen LogP contribution in [0.5, 0.6) is 0 Å². The zero-order valence-corrected chi connectivity index (χ0v) is 12.7. The van der Waals surface area contributed by atoms with Crippen LogP contribution in [0.2, 0.25) is 5.15 Å². The second-order valence-corrected chi connectivity index (χ2v) is 6.52. The summed E-state index contributed by atoms with van der Waals surface area (Å²) in [6.45, 7) is 5.14. The standard InChI is InChI=1S/C13H20ClN3S/c1-8(18-3)6-7-15-12-9(2)11(14)16-13(17-12)10-4-5-10/h8,10H,4-7H2,1-3H3,(H,15,16,17). The van der Waals surface area contributed by atoms with Crippen LogP contribution in [-0.2, 0) is 0 Å². The van der Waals surface area contributed by atoms with Crippen LogP contribution < -0.4 is 5.32 Å². The first kappa shape index (κ1) is 13.9. The minimum Gasteiger partial charge on any atom is -0.370 e. The van der Waals surface area contributed by atoms with Crippen molar-refractivity contribution in [2.24, 2.45) is 0 Å². The van der Waals surface area contributed by atoms with Gasteiger partial charge in [-0.2, -0.15) is 11.8 Å². The maximum atomic E-state index is 6.16. The van der Waals surface area contributed by atoms with Gasteiger partial charge in [0.05, 0.1) is 0 Å². The monoisotopic (exact) mass is 285 g/mol. The van der Waals surface area contributed by atoms with Crippen molar-refractivity contribution in [1.82, 2.24) is 9.97 Å². The number of thioether (sulfide) groups is 1. The number of hydrogen-bond acceptors (Lipinski definition) is 4. The van der Waals surface area contributed by atoms with Gasteiger partial charge < -0.3 is 5.32 Å². The number of aromatic nitrogens is 2. The molecule has 2 rings (SSSR count). The van der Waals surface area contributed by atoms with Crippen molar-refractivity contribution >= 4 is 29.2 Å². The molecular formula is C13H20ClN3S. The van der Waals surface area contributed by atoms with E-state index >= 15 is 0 Å². The normalized spacial score (nSPS) is 16.7. The number of anilines is 1. The van der Waals surface area contributed by atoms with E-state index in [2.05, 4.69) is 28.5 Å². The SMILES string of the molecule is CSC(C)CCNc1nc(C2CC2)nc(Cl)c1C. The molecule has 1 atom stereocenters. The van der Waals surface area contributed by atoms with Gasteiger partial charge in [0.15, 0.2) is 0 Å². The van der Waals surface area contributed by atoms with E-state index in [1.165, 1.54) is 12.8 Å². The molecule has 1 N–H and O–H groups in total. The molecule has 1 fully saturated rings. The van der Waals surface area contributed by atoms with Crippen LogP contribution in [0.15, 0.2) is 0 Å². The number of hydrogen-bond donors (Lipinski definition) is 1. The quantitative estimate of drug-likeness (QED) is 0.805. The first-order valence-electron chi connectivity index (χ1n) is 6.42. The summed E-state index contributed by atoms with van der Waals surface area (Å²) in [5, 5.41) is 4.65.